The molecule has 2 heterocycles. The van der Waals surface area contributed by atoms with E-state index in [9.17, 15) is 5.26 Å². The minimum absolute atomic E-state index is 0.0283. The Morgan fingerprint density at radius 1 is 1.16 bits per heavy atom. The highest BCUT2D eigenvalue weighted by Crippen LogP contribution is 2.30. The largest absolute Gasteiger partial charge is 0.438 e. The number of hydrogen-bond acceptors (Lipinski definition) is 6. The minimum atomic E-state index is 0.0283. The molecule has 6 heteroatoms. The Kier molecular flexibility index (Phi) is 4.59. The lowest BCUT2D eigenvalue weighted by molar-refractivity contribution is 0.0898. The standard InChI is InChI=1S/C19H21N5O/c20-11-17-14-23(9-10-24(17)16-3-4-16)13-15-1-5-18(6-2-15)25-19-12-21-7-8-22-19/h1-2,5-8,12,16-17H,3-4,9-10,13-14H2. The van der Waals surface area contributed by atoms with Crippen molar-refractivity contribution in [1.29, 1.82) is 5.26 Å². The van der Waals surface area contributed by atoms with Gasteiger partial charge in [0.1, 0.15) is 11.8 Å². The molecule has 1 saturated heterocycles. The molecule has 4 rings (SSSR count). The van der Waals surface area contributed by atoms with Gasteiger partial charge in [-0.3, -0.25) is 14.8 Å². The van der Waals surface area contributed by atoms with Gasteiger partial charge in [0.25, 0.3) is 0 Å². The predicted octanol–water partition coefficient (Wildman–Crippen LogP) is 2.44. The van der Waals surface area contributed by atoms with Crippen LogP contribution in [0.5, 0.6) is 11.6 Å². The molecular formula is C19H21N5O. The molecule has 0 spiro atoms. The van der Waals surface area contributed by atoms with Crippen LogP contribution < -0.4 is 4.74 Å². The summed E-state index contributed by atoms with van der Waals surface area (Å²) in [7, 11) is 0. The maximum atomic E-state index is 9.45. The van der Waals surface area contributed by atoms with Gasteiger partial charge in [-0.05, 0) is 30.5 Å². The van der Waals surface area contributed by atoms with Gasteiger partial charge < -0.3 is 4.74 Å². The van der Waals surface area contributed by atoms with Gasteiger partial charge in [0, 0.05) is 44.6 Å². The smallest absolute Gasteiger partial charge is 0.237 e. The SMILES string of the molecule is N#CC1CN(Cc2ccc(Oc3cnccn3)cc2)CCN1C1CC1. The van der Waals surface area contributed by atoms with Crippen molar-refractivity contribution in [2.75, 3.05) is 19.6 Å². The maximum absolute atomic E-state index is 9.45. The first kappa shape index (κ1) is 16.0. The van der Waals surface area contributed by atoms with Crippen LogP contribution in [0.2, 0.25) is 0 Å². The molecule has 0 N–H and O–H groups in total. The Morgan fingerprint density at radius 3 is 2.68 bits per heavy atom. The molecule has 1 atom stereocenters. The van der Waals surface area contributed by atoms with Gasteiger partial charge in [0.05, 0.1) is 12.3 Å². The first-order valence-corrected chi connectivity index (χ1v) is 8.72. The maximum Gasteiger partial charge on any atom is 0.237 e. The summed E-state index contributed by atoms with van der Waals surface area (Å²) >= 11 is 0. The van der Waals surface area contributed by atoms with E-state index in [-0.39, 0.29) is 6.04 Å². The molecule has 1 saturated carbocycles. The van der Waals surface area contributed by atoms with Gasteiger partial charge in [0.15, 0.2) is 0 Å². The number of piperazine rings is 1. The summed E-state index contributed by atoms with van der Waals surface area (Å²) in [5, 5.41) is 9.45. The van der Waals surface area contributed by atoms with E-state index in [0.29, 0.717) is 11.9 Å². The molecule has 0 radical (unpaired) electrons. The third-order valence-electron chi connectivity index (χ3n) is 4.76. The van der Waals surface area contributed by atoms with Crippen LogP contribution in [0.15, 0.2) is 42.9 Å². The highest BCUT2D eigenvalue weighted by molar-refractivity contribution is 5.30. The van der Waals surface area contributed by atoms with Crippen molar-refractivity contribution in [1.82, 2.24) is 19.8 Å². The first-order chi connectivity index (χ1) is 12.3. The Balaban J connectivity index is 1.34. The molecule has 1 aliphatic heterocycles. The topological polar surface area (TPSA) is 65.3 Å². The molecule has 1 aliphatic carbocycles. The van der Waals surface area contributed by atoms with Crippen molar-refractivity contribution < 1.29 is 4.74 Å². The van der Waals surface area contributed by atoms with E-state index in [1.165, 1.54) is 18.4 Å². The molecule has 6 nitrogen and oxygen atoms in total. The summed E-state index contributed by atoms with van der Waals surface area (Å²) in [5.41, 5.74) is 1.23. The van der Waals surface area contributed by atoms with Crippen LogP contribution in [0, 0.1) is 11.3 Å². The average Bonchev–Trinajstić information content (AvgIpc) is 3.49. The van der Waals surface area contributed by atoms with E-state index in [1.54, 1.807) is 18.6 Å². The highest BCUT2D eigenvalue weighted by atomic mass is 16.5. The van der Waals surface area contributed by atoms with E-state index in [4.69, 9.17) is 4.74 Å². The van der Waals surface area contributed by atoms with Gasteiger partial charge in [0.2, 0.25) is 5.88 Å². The second-order valence-electron chi connectivity index (χ2n) is 6.64. The lowest BCUT2D eigenvalue weighted by Gasteiger charge is -2.38. The van der Waals surface area contributed by atoms with Crippen LogP contribution in [0.3, 0.4) is 0 Å². The van der Waals surface area contributed by atoms with Crippen LogP contribution >= 0.6 is 0 Å². The number of benzene rings is 1. The molecule has 1 aromatic heterocycles. The number of hydrogen-bond donors (Lipinski definition) is 0. The quantitative estimate of drug-likeness (QED) is 0.836. The van der Waals surface area contributed by atoms with Gasteiger partial charge >= 0.3 is 0 Å². The van der Waals surface area contributed by atoms with E-state index in [1.807, 2.05) is 12.1 Å². The third kappa shape index (κ3) is 3.95. The average molecular weight is 335 g/mol. The zero-order valence-electron chi connectivity index (χ0n) is 14.1. The van der Waals surface area contributed by atoms with E-state index in [2.05, 4.69) is 38.0 Å². The Labute approximate surface area is 147 Å². The van der Waals surface area contributed by atoms with Gasteiger partial charge in [-0.15, -0.1) is 0 Å². The van der Waals surface area contributed by atoms with E-state index >= 15 is 0 Å². The molecular weight excluding hydrogens is 314 g/mol. The molecule has 128 valence electrons. The van der Waals surface area contributed by atoms with E-state index < -0.39 is 0 Å². The predicted molar refractivity (Wildman–Crippen MR) is 93.0 cm³/mol. The van der Waals surface area contributed by atoms with Crippen molar-refractivity contribution in [3.63, 3.8) is 0 Å². The summed E-state index contributed by atoms with van der Waals surface area (Å²) in [6.07, 6.45) is 7.33. The summed E-state index contributed by atoms with van der Waals surface area (Å²) in [4.78, 5) is 12.8. The van der Waals surface area contributed by atoms with Gasteiger partial charge in [-0.2, -0.15) is 5.26 Å². The van der Waals surface area contributed by atoms with Crippen molar-refractivity contribution in [2.45, 2.75) is 31.5 Å². The zero-order chi connectivity index (χ0) is 17.1. The molecule has 2 aromatic rings. The van der Waals surface area contributed by atoms with Gasteiger partial charge in [-0.25, -0.2) is 4.98 Å². The number of ether oxygens (including phenoxy) is 1. The summed E-state index contributed by atoms with van der Waals surface area (Å²) in [6, 6.07) is 11.2. The molecule has 1 aromatic carbocycles. The fourth-order valence-electron chi connectivity index (χ4n) is 3.34. The molecule has 0 amide bonds. The zero-order valence-corrected chi connectivity index (χ0v) is 14.1. The second-order valence-corrected chi connectivity index (χ2v) is 6.64. The van der Waals surface area contributed by atoms with Crippen molar-refractivity contribution in [3.05, 3.63) is 48.4 Å². The Hall–Kier alpha value is -2.49. The van der Waals surface area contributed by atoms with Gasteiger partial charge in [-0.1, -0.05) is 12.1 Å². The highest BCUT2D eigenvalue weighted by Gasteiger charge is 2.37. The lowest BCUT2D eigenvalue weighted by atomic mass is 10.1. The first-order valence-electron chi connectivity index (χ1n) is 8.72. The fraction of sp³-hybridized carbons (Fsp3) is 0.421. The molecule has 2 aliphatic rings. The lowest BCUT2D eigenvalue weighted by Crippen LogP contribution is -2.52. The van der Waals surface area contributed by atoms with Crippen LogP contribution in [0.25, 0.3) is 0 Å². The molecule has 2 fully saturated rings. The number of rotatable bonds is 5. The molecule has 25 heavy (non-hydrogen) atoms. The second kappa shape index (κ2) is 7.18. The molecule has 0 bridgehead atoms. The monoisotopic (exact) mass is 335 g/mol. The van der Waals surface area contributed by atoms with Crippen molar-refractivity contribution in [3.8, 4) is 17.7 Å². The van der Waals surface area contributed by atoms with Crippen LogP contribution in [0.1, 0.15) is 18.4 Å². The van der Waals surface area contributed by atoms with Crippen LogP contribution in [-0.2, 0) is 6.54 Å². The van der Waals surface area contributed by atoms with E-state index in [0.717, 1.165) is 31.9 Å². The third-order valence-corrected chi connectivity index (χ3v) is 4.76. The number of nitriles is 1. The van der Waals surface area contributed by atoms with Crippen LogP contribution in [-0.4, -0.2) is 51.5 Å². The normalized spacial score (nSPS) is 21.6. The fourth-order valence-corrected chi connectivity index (χ4v) is 3.34. The summed E-state index contributed by atoms with van der Waals surface area (Å²) in [5.74, 6) is 1.24. The van der Waals surface area contributed by atoms with Crippen molar-refractivity contribution in [2.24, 2.45) is 0 Å². The number of aromatic nitrogens is 2. The molecule has 1 unspecified atom stereocenters. The summed E-state index contributed by atoms with van der Waals surface area (Å²) < 4.78 is 5.67. The van der Waals surface area contributed by atoms with Crippen LogP contribution in [0.4, 0.5) is 0 Å². The number of nitrogens with zero attached hydrogens (tertiary/aromatic N) is 5. The Bertz CT molecular complexity index is 739. The summed E-state index contributed by atoms with van der Waals surface area (Å²) in [6.45, 7) is 3.70. The minimum Gasteiger partial charge on any atom is -0.438 e. The Morgan fingerprint density at radius 2 is 2.00 bits per heavy atom. The van der Waals surface area contributed by atoms with Crippen molar-refractivity contribution >= 4 is 0 Å².